The predicted molar refractivity (Wildman–Crippen MR) is 120 cm³/mol. The second-order valence-electron chi connectivity index (χ2n) is 7.55. The van der Waals surface area contributed by atoms with E-state index in [2.05, 4.69) is 0 Å². The Labute approximate surface area is 184 Å². The molecule has 1 aromatic heterocycles. The monoisotopic (exact) mass is 427 g/mol. The predicted octanol–water partition coefficient (Wildman–Crippen LogP) is 4.78. The van der Waals surface area contributed by atoms with Gasteiger partial charge in [0.25, 0.3) is 5.91 Å². The number of benzene rings is 3. The molecule has 0 spiro atoms. The van der Waals surface area contributed by atoms with Crippen LogP contribution in [-0.2, 0) is 4.74 Å². The number of nitrogens with zero attached hydrogens (tertiary/aromatic N) is 1. The van der Waals surface area contributed by atoms with Crippen LogP contribution in [0.5, 0.6) is 11.5 Å². The normalized spacial score (nSPS) is 15.2. The lowest BCUT2D eigenvalue weighted by Crippen LogP contribution is -2.32. The average molecular weight is 427 g/mol. The number of fused-ring (bicyclic) bond motifs is 2. The maximum atomic E-state index is 13.4. The van der Waals surface area contributed by atoms with Crippen LogP contribution in [0.15, 0.2) is 88.1 Å². The van der Waals surface area contributed by atoms with Crippen LogP contribution in [0.1, 0.15) is 27.7 Å². The summed E-state index contributed by atoms with van der Waals surface area (Å²) in [6.07, 6.45) is 0. The molecule has 0 aliphatic carbocycles. The van der Waals surface area contributed by atoms with Crippen LogP contribution in [0.4, 0.5) is 0 Å². The molecule has 1 aliphatic heterocycles. The average Bonchev–Trinajstić information content (AvgIpc) is 3.10. The van der Waals surface area contributed by atoms with Crippen LogP contribution >= 0.6 is 0 Å². The minimum atomic E-state index is -0.590. The Kier molecular flexibility index (Phi) is 5.21. The third-order valence-electron chi connectivity index (χ3n) is 5.56. The Morgan fingerprint density at radius 3 is 2.47 bits per heavy atom. The Morgan fingerprint density at radius 2 is 1.66 bits per heavy atom. The van der Waals surface area contributed by atoms with Gasteiger partial charge in [0.1, 0.15) is 17.1 Å². The number of hydrogen-bond donors (Lipinski definition) is 0. The van der Waals surface area contributed by atoms with Gasteiger partial charge >= 0.3 is 0 Å². The standard InChI is InChI=1S/C26H21NO5/c1-30-15-14-27-23(17-8-7-11-19(16-17)31-18-9-3-2-4-10-18)22-24(28)20-12-5-6-13-21(20)32-25(22)26(27)29/h2-13,16,23H,14-15H2,1H3/t23-/m0/s1. The number of ether oxygens (including phenoxy) is 2. The molecule has 160 valence electrons. The molecule has 0 bridgehead atoms. The first-order valence-corrected chi connectivity index (χ1v) is 10.4. The van der Waals surface area contributed by atoms with E-state index < -0.39 is 6.04 Å². The fourth-order valence-electron chi connectivity index (χ4n) is 4.11. The second kappa shape index (κ2) is 8.32. The first kappa shape index (κ1) is 20.0. The molecule has 0 radical (unpaired) electrons. The van der Waals surface area contributed by atoms with Crippen molar-refractivity contribution in [3.63, 3.8) is 0 Å². The van der Waals surface area contributed by atoms with Crippen LogP contribution in [0.3, 0.4) is 0 Å². The fourth-order valence-corrected chi connectivity index (χ4v) is 4.11. The zero-order valence-corrected chi connectivity index (χ0v) is 17.5. The number of hydrogen-bond acceptors (Lipinski definition) is 5. The van der Waals surface area contributed by atoms with Crippen molar-refractivity contribution in [2.45, 2.75) is 6.04 Å². The van der Waals surface area contributed by atoms with E-state index in [0.717, 1.165) is 5.56 Å². The summed E-state index contributed by atoms with van der Waals surface area (Å²) >= 11 is 0. The van der Waals surface area contributed by atoms with Crippen molar-refractivity contribution in [3.05, 3.63) is 106 Å². The van der Waals surface area contributed by atoms with E-state index >= 15 is 0 Å². The molecule has 32 heavy (non-hydrogen) atoms. The molecule has 0 saturated carbocycles. The zero-order chi connectivity index (χ0) is 22.1. The Balaban J connectivity index is 1.63. The first-order chi connectivity index (χ1) is 15.7. The van der Waals surface area contributed by atoms with Gasteiger partial charge in [0, 0.05) is 13.7 Å². The summed E-state index contributed by atoms with van der Waals surface area (Å²) < 4.78 is 17.1. The summed E-state index contributed by atoms with van der Waals surface area (Å²) in [5, 5.41) is 0.453. The molecule has 6 nitrogen and oxygen atoms in total. The van der Waals surface area contributed by atoms with E-state index in [-0.39, 0.29) is 17.1 Å². The maximum absolute atomic E-state index is 13.4. The van der Waals surface area contributed by atoms with Crippen LogP contribution in [-0.4, -0.2) is 31.1 Å². The van der Waals surface area contributed by atoms with Crippen molar-refractivity contribution in [2.75, 3.05) is 20.3 Å². The maximum Gasteiger partial charge on any atom is 0.290 e. The van der Waals surface area contributed by atoms with Crippen molar-refractivity contribution in [1.82, 2.24) is 4.90 Å². The van der Waals surface area contributed by atoms with Crippen molar-refractivity contribution >= 4 is 16.9 Å². The van der Waals surface area contributed by atoms with Gasteiger partial charge in [0.15, 0.2) is 5.43 Å². The lowest BCUT2D eigenvalue weighted by molar-refractivity contribution is 0.0663. The molecular weight excluding hydrogens is 406 g/mol. The lowest BCUT2D eigenvalue weighted by atomic mass is 9.98. The molecule has 1 atom stereocenters. The number of para-hydroxylation sites is 2. The Morgan fingerprint density at radius 1 is 0.906 bits per heavy atom. The molecule has 2 heterocycles. The van der Waals surface area contributed by atoms with Gasteiger partial charge in [0.2, 0.25) is 5.76 Å². The molecule has 0 fully saturated rings. The lowest BCUT2D eigenvalue weighted by Gasteiger charge is -2.25. The highest BCUT2D eigenvalue weighted by Gasteiger charge is 2.42. The molecule has 0 saturated heterocycles. The molecule has 1 amide bonds. The van der Waals surface area contributed by atoms with E-state index in [0.29, 0.717) is 41.2 Å². The molecule has 5 rings (SSSR count). The molecule has 3 aromatic carbocycles. The van der Waals surface area contributed by atoms with Crippen LogP contribution in [0.25, 0.3) is 11.0 Å². The van der Waals surface area contributed by atoms with E-state index in [1.807, 2.05) is 54.6 Å². The highest BCUT2D eigenvalue weighted by atomic mass is 16.5. The molecule has 0 unspecified atom stereocenters. The molecule has 0 N–H and O–H groups in total. The van der Waals surface area contributed by atoms with Gasteiger partial charge in [-0.05, 0) is 42.0 Å². The number of rotatable bonds is 6. The molecule has 1 aliphatic rings. The van der Waals surface area contributed by atoms with Crippen molar-refractivity contribution in [1.29, 1.82) is 0 Å². The fraction of sp³-hybridized carbons (Fsp3) is 0.154. The van der Waals surface area contributed by atoms with Gasteiger partial charge in [-0.1, -0.05) is 42.5 Å². The number of carbonyl (C=O) groups is 1. The van der Waals surface area contributed by atoms with Crippen molar-refractivity contribution < 1.29 is 18.7 Å². The minimum Gasteiger partial charge on any atom is -0.457 e. The minimum absolute atomic E-state index is 0.0872. The summed E-state index contributed by atoms with van der Waals surface area (Å²) in [5.41, 5.74) is 1.32. The van der Waals surface area contributed by atoms with Crippen LogP contribution < -0.4 is 10.2 Å². The highest BCUT2D eigenvalue weighted by molar-refractivity contribution is 5.99. The number of amides is 1. The number of methoxy groups -OCH3 is 1. The zero-order valence-electron chi connectivity index (χ0n) is 17.5. The van der Waals surface area contributed by atoms with Gasteiger partial charge in [-0.15, -0.1) is 0 Å². The summed E-state index contributed by atoms with van der Waals surface area (Å²) in [6.45, 7) is 0.661. The summed E-state index contributed by atoms with van der Waals surface area (Å²) in [7, 11) is 1.58. The summed E-state index contributed by atoms with van der Waals surface area (Å²) in [6, 6.07) is 23.3. The van der Waals surface area contributed by atoms with Crippen molar-refractivity contribution in [3.8, 4) is 11.5 Å². The quantitative estimate of drug-likeness (QED) is 0.443. The third-order valence-corrected chi connectivity index (χ3v) is 5.56. The third kappa shape index (κ3) is 3.44. The Hall–Kier alpha value is -3.90. The second-order valence-corrected chi connectivity index (χ2v) is 7.55. The van der Waals surface area contributed by atoms with Gasteiger partial charge in [-0.2, -0.15) is 0 Å². The van der Waals surface area contributed by atoms with Gasteiger partial charge in [-0.25, -0.2) is 0 Å². The van der Waals surface area contributed by atoms with Crippen LogP contribution in [0.2, 0.25) is 0 Å². The van der Waals surface area contributed by atoms with E-state index in [1.54, 1.807) is 36.3 Å². The van der Waals surface area contributed by atoms with E-state index in [4.69, 9.17) is 13.9 Å². The van der Waals surface area contributed by atoms with Gasteiger partial charge in [0.05, 0.1) is 23.6 Å². The number of carbonyl (C=O) groups excluding carboxylic acids is 1. The van der Waals surface area contributed by atoms with Gasteiger partial charge < -0.3 is 18.8 Å². The molecule has 4 aromatic rings. The first-order valence-electron chi connectivity index (χ1n) is 10.4. The summed E-state index contributed by atoms with van der Waals surface area (Å²) in [4.78, 5) is 28.3. The van der Waals surface area contributed by atoms with E-state index in [9.17, 15) is 9.59 Å². The molecular formula is C26H21NO5. The topological polar surface area (TPSA) is 69.0 Å². The van der Waals surface area contributed by atoms with Crippen molar-refractivity contribution in [2.24, 2.45) is 0 Å². The van der Waals surface area contributed by atoms with Crippen LogP contribution in [0, 0.1) is 0 Å². The summed E-state index contributed by atoms with van der Waals surface area (Å²) in [5.74, 6) is 1.09. The van der Waals surface area contributed by atoms with E-state index in [1.165, 1.54) is 0 Å². The largest absolute Gasteiger partial charge is 0.457 e. The Bertz CT molecular complexity index is 1350. The SMILES string of the molecule is COCCN1C(=O)c2oc3ccccc3c(=O)c2[C@@H]1c1cccc(Oc2ccccc2)c1. The smallest absolute Gasteiger partial charge is 0.290 e. The van der Waals surface area contributed by atoms with Gasteiger partial charge in [-0.3, -0.25) is 9.59 Å². The highest BCUT2D eigenvalue weighted by Crippen LogP contribution is 2.39. The molecule has 6 heteroatoms.